The lowest BCUT2D eigenvalue weighted by Crippen LogP contribution is -2.49. The fraction of sp³-hybridized carbons (Fsp3) is 0.381. The van der Waals surface area contributed by atoms with E-state index in [4.69, 9.17) is 4.52 Å². The number of aliphatic hydroxyl groups excluding tert-OH is 1. The number of hydrogen-bond acceptors (Lipinski definition) is 6. The van der Waals surface area contributed by atoms with E-state index < -0.39 is 16.1 Å². The summed E-state index contributed by atoms with van der Waals surface area (Å²) in [5.41, 5.74) is 1.26. The first kappa shape index (κ1) is 20.0. The molecule has 1 aromatic heterocycles. The molecule has 1 saturated heterocycles. The minimum absolute atomic E-state index is 0.169. The van der Waals surface area contributed by atoms with Crippen molar-refractivity contribution in [3.8, 4) is 0 Å². The van der Waals surface area contributed by atoms with Gasteiger partial charge in [0.1, 0.15) is 10.6 Å². The number of piperazine rings is 1. The zero-order valence-electron chi connectivity index (χ0n) is 16.6. The molecule has 0 amide bonds. The average Bonchev–Trinajstić information content (AvgIpc) is 3.07. The molecular weight excluding hydrogens is 390 g/mol. The van der Waals surface area contributed by atoms with Gasteiger partial charge >= 0.3 is 0 Å². The fourth-order valence-corrected chi connectivity index (χ4v) is 5.60. The Morgan fingerprint density at radius 2 is 1.76 bits per heavy atom. The van der Waals surface area contributed by atoms with Crippen LogP contribution in [0.5, 0.6) is 0 Å². The average molecular weight is 416 g/mol. The van der Waals surface area contributed by atoms with Crippen LogP contribution >= 0.6 is 0 Å². The zero-order valence-corrected chi connectivity index (χ0v) is 17.4. The molecule has 1 unspecified atom stereocenters. The van der Waals surface area contributed by atoms with Crippen molar-refractivity contribution in [1.29, 1.82) is 0 Å². The maximum Gasteiger partial charge on any atom is 0.248 e. The van der Waals surface area contributed by atoms with Crippen LogP contribution in [-0.2, 0) is 10.0 Å². The summed E-state index contributed by atoms with van der Waals surface area (Å²) in [6, 6.07) is 14.0. The zero-order chi connectivity index (χ0) is 20.6. The molecule has 0 bridgehead atoms. The second kappa shape index (κ2) is 7.87. The van der Waals surface area contributed by atoms with Crippen molar-refractivity contribution in [1.82, 2.24) is 14.4 Å². The molecule has 1 fully saturated rings. The van der Waals surface area contributed by atoms with Gasteiger partial charge in [-0.1, -0.05) is 41.6 Å². The van der Waals surface area contributed by atoms with Gasteiger partial charge in [-0.15, -0.1) is 0 Å². The van der Waals surface area contributed by atoms with Gasteiger partial charge in [0.25, 0.3) is 0 Å². The van der Waals surface area contributed by atoms with E-state index >= 15 is 0 Å². The highest BCUT2D eigenvalue weighted by Gasteiger charge is 2.33. The standard InChI is InChI=1S/C21H25N3O4S/c1-15-21(16(2)28-22-15)29(26,27)24-11-9-23(10-12-24)14-20(25)19-8-7-17-5-3-4-6-18(17)13-19/h3-8,13,20,25H,9-12,14H2,1-2H3. The fourth-order valence-electron chi connectivity index (χ4n) is 3.89. The number of nitrogens with zero attached hydrogens (tertiary/aromatic N) is 3. The Kier molecular flexibility index (Phi) is 5.44. The molecule has 1 aliphatic heterocycles. The van der Waals surface area contributed by atoms with Crippen LogP contribution in [0.15, 0.2) is 51.9 Å². The van der Waals surface area contributed by atoms with E-state index in [1.165, 1.54) is 4.31 Å². The van der Waals surface area contributed by atoms with Gasteiger partial charge in [0.2, 0.25) is 10.0 Å². The quantitative estimate of drug-likeness (QED) is 0.689. The number of fused-ring (bicyclic) bond motifs is 1. The molecule has 0 saturated carbocycles. The van der Waals surface area contributed by atoms with Crippen molar-refractivity contribution in [2.24, 2.45) is 0 Å². The lowest BCUT2D eigenvalue weighted by atomic mass is 10.0. The molecular formula is C21H25N3O4S. The molecule has 3 aromatic rings. The van der Waals surface area contributed by atoms with E-state index in [0.717, 1.165) is 16.3 Å². The maximum absolute atomic E-state index is 12.9. The van der Waals surface area contributed by atoms with Crippen LogP contribution in [0.1, 0.15) is 23.1 Å². The van der Waals surface area contributed by atoms with Crippen LogP contribution in [0.3, 0.4) is 0 Å². The molecule has 1 N–H and O–H groups in total. The molecule has 4 rings (SSSR count). The molecule has 8 heteroatoms. The maximum atomic E-state index is 12.9. The topological polar surface area (TPSA) is 86.9 Å². The Bertz CT molecular complexity index is 1100. The molecule has 29 heavy (non-hydrogen) atoms. The predicted molar refractivity (Wildman–Crippen MR) is 110 cm³/mol. The normalized spacial score (nSPS) is 17.6. The van der Waals surface area contributed by atoms with E-state index in [1.807, 2.05) is 42.5 Å². The van der Waals surface area contributed by atoms with Gasteiger partial charge in [0, 0.05) is 32.7 Å². The summed E-state index contributed by atoms with van der Waals surface area (Å²) < 4.78 is 32.3. The number of sulfonamides is 1. The first-order valence-corrected chi connectivity index (χ1v) is 11.1. The third-order valence-electron chi connectivity index (χ3n) is 5.49. The van der Waals surface area contributed by atoms with Crippen LogP contribution in [-0.4, -0.2) is 60.6 Å². The van der Waals surface area contributed by atoms with Crippen molar-refractivity contribution in [3.05, 3.63) is 59.5 Å². The second-order valence-corrected chi connectivity index (χ2v) is 9.36. The molecule has 2 heterocycles. The Hall–Kier alpha value is -2.26. The first-order valence-electron chi connectivity index (χ1n) is 9.68. The molecule has 154 valence electrons. The smallest absolute Gasteiger partial charge is 0.248 e. The molecule has 1 atom stereocenters. The van der Waals surface area contributed by atoms with E-state index in [9.17, 15) is 13.5 Å². The summed E-state index contributed by atoms with van der Waals surface area (Å²) in [7, 11) is -3.62. The highest BCUT2D eigenvalue weighted by molar-refractivity contribution is 7.89. The lowest BCUT2D eigenvalue weighted by molar-refractivity contribution is 0.0922. The van der Waals surface area contributed by atoms with Crippen molar-refractivity contribution in [2.75, 3.05) is 32.7 Å². The summed E-state index contributed by atoms with van der Waals surface area (Å²) in [5.74, 6) is 0.316. The van der Waals surface area contributed by atoms with Gasteiger partial charge < -0.3 is 9.63 Å². The van der Waals surface area contributed by atoms with Crippen LogP contribution in [0.2, 0.25) is 0 Å². The lowest BCUT2D eigenvalue weighted by Gasteiger charge is -2.34. The predicted octanol–water partition coefficient (Wildman–Crippen LogP) is 2.48. The number of benzene rings is 2. The van der Waals surface area contributed by atoms with Crippen LogP contribution in [0.4, 0.5) is 0 Å². The number of hydrogen-bond donors (Lipinski definition) is 1. The number of rotatable bonds is 5. The summed E-state index contributed by atoms with van der Waals surface area (Å²) in [4.78, 5) is 2.27. The third kappa shape index (κ3) is 3.93. The highest BCUT2D eigenvalue weighted by atomic mass is 32.2. The molecule has 1 aliphatic rings. The summed E-state index contributed by atoms with van der Waals surface area (Å²) in [6.07, 6.45) is -0.620. The third-order valence-corrected chi connectivity index (χ3v) is 7.63. The summed E-state index contributed by atoms with van der Waals surface area (Å²) in [6.45, 7) is 5.59. The SMILES string of the molecule is Cc1noc(C)c1S(=O)(=O)N1CCN(CC(O)c2ccc3ccccc3c2)CC1. The van der Waals surface area contributed by atoms with Crippen molar-refractivity contribution < 1.29 is 18.0 Å². The van der Waals surface area contributed by atoms with E-state index in [-0.39, 0.29) is 4.90 Å². The minimum atomic E-state index is -3.62. The molecule has 7 nitrogen and oxygen atoms in total. The minimum Gasteiger partial charge on any atom is -0.387 e. The van der Waals surface area contributed by atoms with Gasteiger partial charge in [0.15, 0.2) is 5.76 Å². The Labute approximate surface area is 170 Å². The van der Waals surface area contributed by atoms with Gasteiger partial charge in [-0.25, -0.2) is 8.42 Å². The first-order chi connectivity index (χ1) is 13.9. The number of aryl methyl sites for hydroxylation is 2. The van der Waals surface area contributed by atoms with Gasteiger partial charge in [-0.05, 0) is 36.2 Å². The largest absolute Gasteiger partial charge is 0.387 e. The summed E-state index contributed by atoms with van der Waals surface area (Å²) >= 11 is 0. The highest BCUT2D eigenvalue weighted by Crippen LogP contribution is 2.25. The van der Waals surface area contributed by atoms with Crippen molar-refractivity contribution in [3.63, 3.8) is 0 Å². The Morgan fingerprint density at radius 3 is 2.41 bits per heavy atom. The van der Waals surface area contributed by atoms with Gasteiger partial charge in [-0.2, -0.15) is 4.31 Å². The number of β-amino-alcohol motifs (C(OH)–C–C–N with tert-alkyl or cyclic N) is 1. The van der Waals surface area contributed by atoms with E-state index in [0.29, 0.717) is 44.2 Å². The Balaban J connectivity index is 1.40. The van der Waals surface area contributed by atoms with Gasteiger partial charge in [-0.3, -0.25) is 4.90 Å². The van der Waals surface area contributed by atoms with Crippen LogP contribution in [0.25, 0.3) is 10.8 Å². The molecule has 0 radical (unpaired) electrons. The van der Waals surface area contributed by atoms with Crippen molar-refractivity contribution >= 4 is 20.8 Å². The van der Waals surface area contributed by atoms with Crippen LogP contribution < -0.4 is 0 Å². The number of aliphatic hydroxyl groups is 1. The molecule has 0 aliphatic carbocycles. The number of aromatic nitrogens is 1. The molecule has 0 spiro atoms. The van der Waals surface area contributed by atoms with E-state index in [1.54, 1.807) is 13.8 Å². The van der Waals surface area contributed by atoms with Crippen molar-refractivity contribution in [2.45, 2.75) is 24.8 Å². The molecule has 2 aromatic carbocycles. The summed E-state index contributed by atoms with van der Waals surface area (Å²) in [5, 5.41) is 16.7. The second-order valence-electron chi connectivity index (χ2n) is 7.48. The van der Waals surface area contributed by atoms with Gasteiger partial charge in [0.05, 0.1) is 6.10 Å². The Morgan fingerprint density at radius 1 is 1.07 bits per heavy atom. The van der Waals surface area contributed by atoms with E-state index in [2.05, 4.69) is 10.1 Å². The van der Waals surface area contributed by atoms with Crippen LogP contribution in [0, 0.1) is 13.8 Å². The monoisotopic (exact) mass is 415 g/mol.